The Morgan fingerprint density at radius 3 is 2.82 bits per heavy atom. The zero-order chi connectivity index (χ0) is 11.7. The van der Waals surface area contributed by atoms with Crippen LogP contribution < -0.4 is 11.1 Å². The Kier molecular flexibility index (Phi) is 2.70. The number of aromatic nitrogens is 1. The number of piperazine rings is 1. The molecule has 1 aliphatic rings. The first-order chi connectivity index (χ1) is 8.34. The predicted molar refractivity (Wildman–Crippen MR) is 64.9 cm³/mol. The summed E-state index contributed by atoms with van der Waals surface area (Å²) in [5.74, 6) is -0.273. The van der Waals surface area contributed by atoms with Crippen molar-refractivity contribution in [3.8, 4) is 0 Å². The van der Waals surface area contributed by atoms with Crippen LogP contribution in [0.5, 0.6) is 0 Å². The summed E-state index contributed by atoms with van der Waals surface area (Å²) < 4.78 is 6.90. The number of para-hydroxylation sites is 2. The fourth-order valence-electron chi connectivity index (χ4n) is 2.20. The third-order valence-electron chi connectivity index (χ3n) is 3.12. The van der Waals surface area contributed by atoms with E-state index in [1.165, 1.54) is 0 Å². The molecule has 0 radical (unpaired) electrons. The van der Waals surface area contributed by atoms with Crippen molar-refractivity contribution in [1.29, 1.82) is 0 Å². The normalized spacial score (nSPS) is 17.6. The van der Waals surface area contributed by atoms with Crippen molar-refractivity contribution in [3.05, 3.63) is 34.8 Å². The minimum atomic E-state index is -0.273. The Balaban J connectivity index is 1.93. The summed E-state index contributed by atoms with van der Waals surface area (Å²) in [5, 5.41) is 3.29. The summed E-state index contributed by atoms with van der Waals surface area (Å²) in [4.78, 5) is 14.0. The van der Waals surface area contributed by atoms with E-state index < -0.39 is 0 Å². The fraction of sp³-hybridized carbons (Fsp3) is 0.417. The first-order valence-corrected chi connectivity index (χ1v) is 5.86. The molecule has 1 N–H and O–H groups in total. The number of hydrogen-bond acceptors (Lipinski definition) is 4. The summed E-state index contributed by atoms with van der Waals surface area (Å²) in [6.45, 7) is 4.49. The third kappa shape index (κ3) is 1.99. The number of fused-ring (bicyclic) bond motifs is 1. The van der Waals surface area contributed by atoms with Crippen LogP contribution in [0.4, 0.5) is 0 Å². The van der Waals surface area contributed by atoms with Crippen LogP contribution in [0.25, 0.3) is 11.1 Å². The smallest absolute Gasteiger partial charge is 0.408 e. The van der Waals surface area contributed by atoms with Crippen LogP contribution in [-0.2, 0) is 6.67 Å². The van der Waals surface area contributed by atoms with Crippen molar-refractivity contribution in [3.63, 3.8) is 0 Å². The largest absolute Gasteiger partial charge is 0.421 e. The molecule has 0 bridgehead atoms. The molecule has 1 aliphatic heterocycles. The lowest BCUT2D eigenvalue weighted by Crippen LogP contribution is -2.45. The van der Waals surface area contributed by atoms with E-state index in [9.17, 15) is 4.79 Å². The molecule has 1 aromatic carbocycles. The van der Waals surface area contributed by atoms with Crippen LogP contribution in [0.3, 0.4) is 0 Å². The lowest BCUT2D eigenvalue weighted by Gasteiger charge is -2.26. The standard InChI is InChI=1S/C12H15N3O2/c16-12-15(9-14-7-5-13-6-8-14)10-3-1-2-4-11(10)17-12/h1-4,13H,5-9H2. The van der Waals surface area contributed by atoms with Crippen LogP contribution in [0, 0.1) is 0 Å². The van der Waals surface area contributed by atoms with Crippen LogP contribution in [0.15, 0.2) is 33.5 Å². The van der Waals surface area contributed by atoms with Crippen LogP contribution in [0.2, 0.25) is 0 Å². The molecule has 1 fully saturated rings. The van der Waals surface area contributed by atoms with Gasteiger partial charge < -0.3 is 9.73 Å². The summed E-state index contributed by atoms with van der Waals surface area (Å²) in [5.41, 5.74) is 1.53. The van der Waals surface area contributed by atoms with E-state index in [4.69, 9.17) is 4.42 Å². The summed E-state index contributed by atoms with van der Waals surface area (Å²) in [6.07, 6.45) is 0. The molecule has 3 rings (SSSR count). The Bertz CT molecular complexity index is 566. The monoisotopic (exact) mass is 233 g/mol. The molecule has 2 heterocycles. The van der Waals surface area contributed by atoms with Gasteiger partial charge in [-0.25, -0.2) is 4.79 Å². The highest BCUT2D eigenvalue weighted by atomic mass is 16.4. The van der Waals surface area contributed by atoms with Gasteiger partial charge in [0.25, 0.3) is 0 Å². The Labute approximate surface area is 98.6 Å². The average Bonchev–Trinajstić information content (AvgIpc) is 2.68. The van der Waals surface area contributed by atoms with Crippen molar-refractivity contribution < 1.29 is 4.42 Å². The van der Waals surface area contributed by atoms with Gasteiger partial charge in [0, 0.05) is 26.2 Å². The minimum absolute atomic E-state index is 0.273. The third-order valence-corrected chi connectivity index (χ3v) is 3.12. The Hall–Kier alpha value is -1.59. The van der Waals surface area contributed by atoms with E-state index >= 15 is 0 Å². The second-order valence-electron chi connectivity index (χ2n) is 4.27. The lowest BCUT2D eigenvalue weighted by atomic mass is 10.3. The molecule has 1 saturated heterocycles. The Morgan fingerprint density at radius 1 is 1.24 bits per heavy atom. The molecule has 0 spiro atoms. The zero-order valence-corrected chi connectivity index (χ0v) is 9.56. The van der Waals surface area contributed by atoms with Gasteiger partial charge in [-0.2, -0.15) is 0 Å². The molecule has 1 aromatic heterocycles. The van der Waals surface area contributed by atoms with Gasteiger partial charge in [0.15, 0.2) is 5.58 Å². The predicted octanol–water partition coefficient (Wildman–Crippen LogP) is 0.457. The second-order valence-corrected chi connectivity index (χ2v) is 4.27. The molecule has 0 aliphatic carbocycles. The number of rotatable bonds is 2. The van der Waals surface area contributed by atoms with E-state index in [-0.39, 0.29) is 5.76 Å². The molecule has 5 nitrogen and oxygen atoms in total. The molecule has 5 heteroatoms. The van der Waals surface area contributed by atoms with Gasteiger partial charge >= 0.3 is 5.76 Å². The van der Waals surface area contributed by atoms with Gasteiger partial charge in [-0.05, 0) is 12.1 Å². The van der Waals surface area contributed by atoms with Crippen molar-refractivity contribution in [2.24, 2.45) is 0 Å². The van der Waals surface area contributed by atoms with E-state index in [0.717, 1.165) is 31.7 Å². The number of nitrogens with zero attached hydrogens (tertiary/aromatic N) is 2. The highest BCUT2D eigenvalue weighted by Crippen LogP contribution is 2.12. The highest BCUT2D eigenvalue weighted by molar-refractivity contribution is 5.72. The van der Waals surface area contributed by atoms with E-state index in [0.29, 0.717) is 12.3 Å². The van der Waals surface area contributed by atoms with Gasteiger partial charge in [0.05, 0.1) is 12.2 Å². The highest BCUT2D eigenvalue weighted by Gasteiger charge is 2.14. The van der Waals surface area contributed by atoms with Gasteiger partial charge in [-0.1, -0.05) is 12.1 Å². The zero-order valence-electron chi connectivity index (χ0n) is 9.56. The van der Waals surface area contributed by atoms with Gasteiger partial charge in [-0.3, -0.25) is 9.47 Å². The number of benzene rings is 1. The molecule has 0 saturated carbocycles. The van der Waals surface area contributed by atoms with Crippen LogP contribution >= 0.6 is 0 Å². The Morgan fingerprint density at radius 2 is 2.00 bits per heavy atom. The van der Waals surface area contributed by atoms with Crippen molar-refractivity contribution in [2.75, 3.05) is 26.2 Å². The average molecular weight is 233 g/mol. The van der Waals surface area contributed by atoms with Crippen LogP contribution in [0.1, 0.15) is 0 Å². The van der Waals surface area contributed by atoms with Crippen molar-refractivity contribution in [1.82, 2.24) is 14.8 Å². The lowest BCUT2D eigenvalue weighted by molar-refractivity contribution is 0.189. The topological polar surface area (TPSA) is 50.4 Å². The number of hydrogen-bond donors (Lipinski definition) is 1. The molecular weight excluding hydrogens is 218 g/mol. The van der Waals surface area contributed by atoms with Gasteiger partial charge in [0.2, 0.25) is 0 Å². The summed E-state index contributed by atoms with van der Waals surface area (Å²) in [6, 6.07) is 7.54. The molecule has 90 valence electrons. The number of nitrogens with one attached hydrogen (secondary N) is 1. The second kappa shape index (κ2) is 4.35. The minimum Gasteiger partial charge on any atom is -0.408 e. The quantitative estimate of drug-likeness (QED) is 0.818. The first kappa shape index (κ1) is 10.6. The van der Waals surface area contributed by atoms with Crippen molar-refractivity contribution in [2.45, 2.75) is 6.67 Å². The molecule has 0 unspecified atom stereocenters. The maximum absolute atomic E-state index is 11.8. The summed E-state index contributed by atoms with van der Waals surface area (Å²) >= 11 is 0. The maximum atomic E-state index is 11.8. The summed E-state index contributed by atoms with van der Waals surface area (Å²) in [7, 11) is 0. The first-order valence-electron chi connectivity index (χ1n) is 5.86. The van der Waals surface area contributed by atoms with Crippen LogP contribution in [-0.4, -0.2) is 35.6 Å². The SMILES string of the molecule is O=c1oc2ccccc2n1CN1CCNCC1. The van der Waals surface area contributed by atoms with E-state index in [1.54, 1.807) is 4.57 Å². The maximum Gasteiger partial charge on any atom is 0.421 e. The van der Waals surface area contributed by atoms with Crippen molar-refractivity contribution >= 4 is 11.1 Å². The van der Waals surface area contributed by atoms with E-state index in [1.807, 2.05) is 24.3 Å². The molecule has 17 heavy (non-hydrogen) atoms. The van der Waals surface area contributed by atoms with Gasteiger partial charge in [0.1, 0.15) is 0 Å². The molecule has 0 atom stereocenters. The fourth-order valence-corrected chi connectivity index (χ4v) is 2.20. The molecule has 2 aromatic rings. The van der Waals surface area contributed by atoms with Gasteiger partial charge in [-0.15, -0.1) is 0 Å². The molecule has 0 amide bonds. The molecular formula is C12H15N3O2. The van der Waals surface area contributed by atoms with E-state index in [2.05, 4.69) is 10.2 Å². The number of oxazole rings is 1.